The van der Waals surface area contributed by atoms with E-state index in [0.29, 0.717) is 0 Å². The highest BCUT2D eigenvalue weighted by Crippen LogP contribution is 2.16. The van der Waals surface area contributed by atoms with E-state index in [1.54, 1.807) is 0 Å². The van der Waals surface area contributed by atoms with Crippen LogP contribution in [-0.4, -0.2) is 21.5 Å². The molecule has 80 valence electrons. The lowest BCUT2D eigenvalue weighted by molar-refractivity contribution is 0.220. The minimum absolute atomic E-state index is 0.202. The van der Waals surface area contributed by atoms with E-state index in [0.717, 1.165) is 17.4 Å². The summed E-state index contributed by atoms with van der Waals surface area (Å²) in [6, 6.07) is 6.30. The summed E-state index contributed by atoms with van der Waals surface area (Å²) in [7, 11) is 0. The van der Waals surface area contributed by atoms with Gasteiger partial charge in [0, 0.05) is 18.5 Å². The fourth-order valence-electron chi connectivity index (χ4n) is 1.68. The molecule has 0 fully saturated rings. The molecule has 1 atom stereocenters. The lowest BCUT2D eigenvalue weighted by Crippen LogP contribution is -2.11. The molecule has 1 N–H and O–H groups in total. The molecule has 3 nitrogen and oxygen atoms in total. The van der Waals surface area contributed by atoms with Crippen LogP contribution in [0.5, 0.6) is 0 Å². The molecule has 0 spiro atoms. The van der Waals surface area contributed by atoms with E-state index in [1.807, 2.05) is 17.8 Å². The standard InChI is InChI=1S/C12H16N2O/c1-9-3-4-11-6-13-14(12(11)5-9)7-10(2)8-15/h3-6,10,15H,7-8H2,1-2H3/t10-/m1/s1. The molecular formula is C12H16N2O. The topological polar surface area (TPSA) is 38.0 Å². The van der Waals surface area contributed by atoms with Crippen molar-refractivity contribution < 1.29 is 5.11 Å². The van der Waals surface area contributed by atoms with E-state index in [9.17, 15) is 0 Å². The van der Waals surface area contributed by atoms with Gasteiger partial charge in [0.05, 0.1) is 11.7 Å². The van der Waals surface area contributed by atoms with Gasteiger partial charge in [0.15, 0.2) is 0 Å². The van der Waals surface area contributed by atoms with Gasteiger partial charge in [0.2, 0.25) is 0 Å². The smallest absolute Gasteiger partial charge is 0.0685 e. The summed E-state index contributed by atoms with van der Waals surface area (Å²) in [5.41, 5.74) is 2.39. The lowest BCUT2D eigenvalue weighted by atomic mass is 10.1. The van der Waals surface area contributed by atoms with E-state index in [2.05, 4.69) is 30.2 Å². The molecule has 0 amide bonds. The summed E-state index contributed by atoms with van der Waals surface area (Å²) in [4.78, 5) is 0. The number of aliphatic hydroxyl groups excluding tert-OH is 1. The fraction of sp³-hybridized carbons (Fsp3) is 0.417. The van der Waals surface area contributed by atoms with Crippen molar-refractivity contribution in [1.82, 2.24) is 9.78 Å². The van der Waals surface area contributed by atoms with E-state index < -0.39 is 0 Å². The normalized spacial score (nSPS) is 13.3. The van der Waals surface area contributed by atoms with Crippen molar-refractivity contribution in [3.8, 4) is 0 Å². The molecule has 1 heterocycles. The molecule has 0 radical (unpaired) electrons. The van der Waals surface area contributed by atoms with Crippen molar-refractivity contribution >= 4 is 10.9 Å². The largest absolute Gasteiger partial charge is 0.396 e. The summed E-state index contributed by atoms with van der Waals surface area (Å²) < 4.78 is 1.96. The maximum Gasteiger partial charge on any atom is 0.0685 e. The molecule has 0 bridgehead atoms. The number of rotatable bonds is 3. The second-order valence-electron chi connectivity index (χ2n) is 4.18. The average Bonchev–Trinajstić information content (AvgIpc) is 2.61. The van der Waals surface area contributed by atoms with Gasteiger partial charge in [-0.1, -0.05) is 19.1 Å². The number of hydrogen-bond acceptors (Lipinski definition) is 2. The summed E-state index contributed by atoms with van der Waals surface area (Å²) in [6.45, 7) is 5.06. The third-order valence-corrected chi connectivity index (χ3v) is 2.60. The molecule has 0 aliphatic heterocycles. The highest BCUT2D eigenvalue weighted by atomic mass is 16.3. The quantitative estimate of drug-likeness (QED) is 0.830. The number of benzene rings is 1. The minimum Gasteiger partial charge on any atom is -0.396 e. The Bertz CT molecular complexity index is 462. The van der Waals surface area contributed by atoms with E-state index in [4.69, 9.17) is 5.11 Å². The Morgan fingerprint density at radius 3 is 3.00 bits per heavy atom. The van der Waals surface area contributed by atoms with E-state index in [-0.39, 0.29) is 12.5 Å². The van der Waals surface area contributed by atoms with Crippen LogP contribution in [0.3, 0.4) is 0 Å². The minimum atomic E-state index is 0.202. The number of aliphatic hydroxyl groups is 1. The van der Waals surface area contributed by atoms with E-state index in [1.165, 1.54) is 5.56 Å². The molecular weight excluding hydrogens is 188 g/mol. The van der Waals surface area contributed by atoms with Gasteiger partial charge in [-0.05, 0) is 24.5 Å². The SMILES string of the molecule is Cc1ccc2cnn(C[C@@H](C)CO)c2c1. The predicted molar refractivity (Wildman–Crippen MR) is 60.7 cm³/mol. The fourth-order valence-corrected chi connectivity index (χ4v) is 1.68. The van der Waals surface area contributed by atoms with Gasteiger partial charge in [-0.2, -0.15) is 5.10 Å². The highest BCUT2D eigenvalue weighted by molar-refractivity contribution is 5.79. The van der Waals surface area contributed by atoms with Crippen molar-refractivity contribution in [2.45, 2.75) is 20.4 Å². The first-order valence-corrected chi connectivity index (χ1v) is 5.23. The van der Waals surface area contributed by atoms with Gasteiger partial charge in [0.1, 0.15) is 0 Å². The van der Waals surface area contributed by atoms with Gasteiger partial charge in [0.25, 0.3) is 0 Å². The zero-order valence-electron chi connectivity index (χ0n) is 9.14. The van der Waals surface area contributed by atoms with E-state index >= 15 is 0 Å². The first kappa shape index (κ1) is 10.2. The zero-order chi connectivity index (χ0) is 10.8. The maximum atomic E-state index is 9.02. The molecule has 0 unspecified atom stereocenters. The summed E-state index contributed by atoms with van der Waals surface area (Å²) in [5, 5.41) is 14.5. The van der Waals surface area contributed by atoms with Crippen LogP contribution < -0.4 is 0 Å². The second kappa shape index (κ2) is 4.03. The predicted octanol–water partition coefficient (Wildman–Crippen LogP) is 1.97. The van der Waals surface area contributed by atoms with Gasteiger partial charge in [-0.3, -0.25) is 4.68 Å². The summed E-state index contributed by atoms with van der Waals surface area (Å²) in [6.07, 6.45) is 1.87. The van der Waals surface area contributed by atoms with Crippen molar-refractivity contribution in [3.63, 3.8) is 0 Å². The molecule has 0 saturated carbocycles. The Hall–Kier alpha value is -1.35. The lowest BCUT2D eigenvalue weighted by Gasteiger charge is -2.08. The Morgan fingerprint density at radius 1 is 1.47 bits per heavy atom. The molecule has 0 aliphatic carbocycles. The van der Waals surface area contributed by atoms with Crippen LogP contribution in [0.25, 0.3) is 10.9 Å². The van der Waals surface area contributed by atoms with Gasteiger partial charge >= 0.3 is 0 Å². The molecule has 2 aromatic rings. The number of aromatic nitrogens is 2. The van der Waals surface area contributed by atoms with Crippen molar-refractivity contribution in [2.24, 2.45) is 5.92 Å². The van der Waals surface area contributed by atoms with Crippen LogP contribution in [0.4, 0.5) is 0 Å². The molecule has 3 heteroatoms. The van der Waals surface area contributed by atoms with Gasteiger partial charge in [-0.15, -0.1) is 0 Å². The zero-order valence-corrected chi connectivity index (χ0v) is 9.14. The average molecular weight is 204 g/mol. The van der Waals surface area contributed by atoms with Crippen LogP contribution in [0.2, 0.25) is 0 Å². The van der Waals surface area contributed by atoms with Crippen LogP contribution in [0, 0.1) is 12.8 Å². The molecule has 1 aromatic carbocycles. The third kappa shape index (κ3) is 2.02. The number of aryl methyl sites for hydroxylation is 1. The van der Waals surface area contributed by atoms with Crippen molar-refractivity contribution in [3.05, 3.63) is 30.0 Å². The highest BCUT2D eigenvalue weighted by Gasteiger charge is 2.06. The molecule has 15 heavy (non-hydrogen) atoms. The monoisotopic (exact) mass is 204 g/mol. The molecule has 2 rings (SSSR count). The van der Waals surface area contributed by atoms with Crippen LogP contribution in [0.15, 0.2) is 24.4 Å². The van der Waals surface area contributed by atoms with Crippen molar-refractivity contribution in [2.75, 3.05) is 6.61 Å². The molecule has 1 aromatic heterocycles. The number of nitrogens with zero attached hydrogens (tertiary/aromatic N) is 2. The van der Waals surface area contributed by atoms with Crippen LogP contribution >= 0.6 is 0 Å². The number of fused-ring (bicyclic) bond motifs is 1. The Kier molecular flexibility index (Phi) is 2.73. The molecule has 0 saturated heterocycles. The Labute approximate surface area is 89.3 Å². The second-order valence-corrected chi connectivity index (χ2v) is 4.18. The molecule has 0 aliphatic rings. The first-order valence-electron chi connectivity index (χ1n) is 5.23. The summed E-state index contributed by atoms with van der Waals surface area (Å²) in [5.74, 6) is 0.244. The summed E-state index contributed by atoms with van der Waals surface area (Å²) >= 11 is 0. The maximum absolute atomic E-state index is 9.02. The van der Waals surface area contributed by atoms with Crippen LogP contribution in [0.1, 0.15) is 12.5 Å². The first-order chi connectivity index (χ1) is 7.20. The Morgan fingerprint density at radius 2 is 2.27 bits per heavy atom. The number of hydrogen-bond donors (Lipinski definition) is 1. The third-order valence-electron chi connectivity index (χ3n) is 2.60. The van der Waals surface area contributed by atoms with Gasteiger partial charge in [-0.25, -0.2) is 0 Å². The van der Waals surface area contributed by atoms with Gasteiger partial charge < -0.3 is 5.11 Å². The van der Waals surface area contributed by atoms with Crippen LogP contribution in [-0.2, 0) is 6.54 Å². The Balaban J connectivity index is 2.39. The van der Waals surface area contributed by atoms with Crippen molar-refractivity contribution in [1.29, 1.82) is 0 Å².